The fraction of sp³-hybridized carbons (Fsp3) is 0.643. The molecule has 19 heavy (non-hydrogen) atoms. The second-order valence-corrected chi connectivity index (χ2v) is 8.50. The number of halogens is 1. The molecule has 0 saturated carbocycles. The fourth-order valence-corrected chi connectivity index (χ4v) is 3.99. The van der Waals surface area contributed by atoms with E-state index in [-0.39, 0.29) is 23.3 Å². The van der Waals surface area contributed by atoms with Crippen LogP contribution in [-0.2, 0) is 4.79 Å². The van der Waals surface area contributed by atoms with Gasteiger partial charge in [-0.2, -0.15) is 0 Å². The summed E-state index contributed by atoms with van der Waals surface area (Å²) in [5.41, 5.74) is 6.13. The third-order valence-corrected chi connectivity index (χ3v) is 5.82. The molecular weight excluding hydrogens is 324 g/mol. The van der Waals surface area contributed by atoms with Gasteiger partial charge in [0.2, 0.25) is 5.91 Å². The molecular formula is C14H21BrN2OS. The minimum atomic E-state index is -0.0681. The molecule has 0 aliphatic carbocycles. The van der Waals surface area contributed by atoms with Crippen molar-refractivity contribution >= 4 is 33.2 Å². The number of thiophene rings is 1. The van der Waals surface area contributed by atoms with Crippen molar-refractivity contribution in [2.75, 3.05) is 13.1 Å². The smallest absolute Gasteiger partial charge is 0.230 e. The highest BCUT2D eigenvalue weighted by Crippen LogP contribution is 2.33. The largest absolute Gasteiger partial charge is 0.341 e. The summed E-state index contributed by atoms with van der Waals surface area (Å²) in [4.78, 5) is 15.7. The standard InChI is InChI=1S/C14H21BrN2OS/c1-9(10-4-5-12(15)19-10)13(18)17-7-6-11(16)14(2,3)8-17/h4-5,9,11H,6-8,16H2,1-3H3. The van der Waals surface area contributed by atoms with Crippen LogP contribution in [0.1, 0.15) is 38.0 Å². The normalized spacial score (nSPS) is 24.3. The lowest BCUT2D eigenvalue weighted by atomic mass is 9.79. The number of piperidine rings is 1. The fourth-order valence-electron chi connectivity index (χ4n) is 2.52. The van der Waals surface area contributed by atoms with E-state index in [2.05, 4.69) is 29.8 Å². The summed E-state index contributed by atoms with van der Waals surface area (Å²) in [6, 6.07) is 4.21. The Morgan fingerprint density at radius 3 is 2.79 bits per heavy atom. The Bertz CT molecular complexity index is 472. The van der Waals surface area contributed by atoms with Crippen LogP contribution in [0.15, 0.2) is 15.9 Å². The molecule has 2 unspecified atom stereocenters. The van der Waals surface area contributed by atoms with Crippen LogP contribution in [0.4, 0.5) is 0 Å². The van der Waals surface area contributed by atoms with Gasteiger partial charge in [0.05, 0.1) is 9.70 Å². The number of nitrogens with two attached hydrogens (primary N) is 1. The van der Waals surface area contributed by atoms with E-state index in [0.717, 1.165) is 28.2 Å². The summed E-state index contributed by atoms with van der Waals surface area (Å²) in [6.07, 6.45) is 0.888. The maximum atomic E-state index is 12.6. The number of likely N-dealkylation sites (tertiary alicyclic amines) is 1. The summed E-state index contributed by atoms with van der Waals surface area (Å²) in [5.74, 6) is 0.149. The quantitative estimate of drug-likeness (QED) is 0.895. The molecule has 2 rings (SSSR count). The molecule has 0 aromatic carbocycles. The predicted molar refractivity (Wildman–Crippen MR) is 83.4 cm³/mol. The van der Waals surface area contributed by atoms with Gasteiger partial charge in [0.25, 0.3) is 0 Å². The van der Waals surface area contributed by atoms with Gasteiger partial charge in [-0.1, -0.05) is 13.8 Å². The molecule has 1 fully saturated rings. The van der Waals surface area contributed by atoms with Gasteiger partial charge in [-0.05, 0) is 46.8 Å². The number of hydrogen-bond acceptors (Lipinski definition) is 3. The highest BCUT2D eigenvalue weighted by atomic mass is 79.9. The molecule has 2 N–H and O–H groups in total. The van der Waals surface area contributed by atoms with Crippen molar-refractivity contribution in [1.82, 2.24) is 4.90 Å². The highest BCUT2D eigenvalue weighted by Gasteiger charge is 2.36. The Morgan fingerprint density at radius 2 is 2.26 bits per heavy atom. The van der Waals surface area contributed by atoms with E-state index in [4.69, 9.17) is 5.73 Å². The second-order valence-electron chi connectivity index (χ2n) is 6.01. The Balaban J connectivity index is 2.08. The topological polar surface area (TPSA) is 46.3 Å². The van der Waals surface area contributed by atoms with E-state index in [0.29, 0.717) is 0 Å². The number of hydrogen-bond donors (Lipinski definition) is 1. The first kappa shape index (κ1) is 15.0. The van der Waals surface area contributed by atoms with Crippen LogP contribution in [0.3, 0.4) is 0 Å². The van der Waals surface area contributed by atoms with Crippen LogP contribution < -0.4 is 5.73 Å². The summed E-state index contributed by atoms with van der Waals surface area (Å²) < 4.78 is 1.07. The Morgan fingerprint density at radius 1 is 1.58 bits per heavy atom. The summed E-state index contributed by atoms with van der Waals surface area (Å²) >= 11 is 5.08. The van der Waals surface area contributed by atoms with Crippen molar-refractivity contribution in [2.45, 2.75) is 39.2 Å². The number of carbonyl (C=O) groups is 1. The highest BCUT2D eigenvalue weighted by molar-refractivity contribution is 9.11. The molecule has 1 amide bonds. The molecule has 2 atom stereocenters. The molecule has 1 saturated heterocycles. The molecule has 1 aromatic rings. The molecule has 5 heteroatoms. The monoisotopic (exact) mass is 344 g/mol. The second kappa shape index (κ2) is 5.54. The van der Waals surface area contributed by atoms with Gasteiger partial charge in [-0.25, -0.2) is 0 Å². The zero-order chi connectivity index (χ0) is 14.2. The minimum Gasteiger partial charge on any atom is -0.341 e. The van der Waals surface area contributed by atoms with Gasteiger partial charge in [-0.15, -0.1) is 11.3 Å². The molecule has 0 bridgehead atoms. The van der Waals surface area contributed by atoms with Crippen LogP contribution in [-0.4, -0.2) is 29.9 Å². The van der Waals surface area contributed by atoms with Gasteiger partial charge in [-0.3, -0.25) is 4.79 Å². The number of rotatable bonds is 2. The van der Waals surface area contributed by atoms with Crippen molar-refractivity contribution in [1.29, 1.82) is 0 Å². The van der Waals surface area contributed by atoms with Crippen molar-refractivity contribution in [3.63, 3.8) is 0 Å². The molecule has 1 aliphatic rings. The van der Waals surface area contributed by atoms with Crippen molar-refractivity contribution < 1.29 is 4.79 Å². The van der Waals surface area contributed by atoms with Crippen LogP contribution in [0.5, 0.6) is 0 Å². The van der Waals surface area contributed by atoms with Crippen molar-refractivity contribution in [3.8, 4) is 0 Å². The summed E-state index contributed by atoms with van der Waals surface area (Å²) in [6.45, 7) is 7.80. The van der Waals surface area contributed by atoms with E-state index < -0.39 is 0 Å². The number of nitrogens with zero attached hydrogens (tertiary/aromatic N) is 1. The maximum absolute atomic E-state index is 12.6. The Labute approximate surface area is 127 Å². The van der Waals surface area contributed by atoms with Crippen LogP contribution in [0.2, 0.25) is 0 Å². The van der Waals surface area contributed by atoms with Crippen molar-refractivity contribution in [2.24, 2.45) is 11.1 Å². The lowest BCUT2D eigenvalue weighted by Gasteiger charge is -2.43. The summed E-state index contributed by atoms with van der Waals surface area (Å²) in [7, 11) is 0. The molecule has 3 nitrogen and oxygen atoms in total. The number of carbonyl (C=O) groups excluding carboxylic acids is 1. The van der Waals surface area contributed by atoms with Gasteiger partial charge >= 0.3 is 0 Å². The first-order valence-corrected chi connectivity index (χ1v) is 8.22. The average Bonchev–Trinajstić information content (AvgIpc) is 2.77. The van der Waals surface area contributed by atoms with E-state index in [1.54, 1.807) is 11.3 Å². The summed E-state index contributed by atoms with van der Waals surface area (Å²) in [5, 5.41) is 0. The Hall–Kier alpha value is -0.390. The first-order chi connectivity index (χ1) is 8.81. The van der Waals surface area contributed by atoms with Crippen LogP contribution in [0.25, 0.3) is 0 Å². The first-order valence-electron chi connectivity index (χ1n) is 6.61. The zero-order valence-corrected chi connectivity index (χ0v) is 14.1. The van der Waals surface area contributed by atoms with Gasteiger partial charge < -0.3 is 10.6 Å². The van der Waals surface area contributed by atoms with Gasteiger partial charge in [0.15, 0.2) is 0 Å². The van der Waals surface area contributed by atoms with E-state index >= 15 is 0 Å². The lowest BCUT2D eigenvalue weighted by Crippen LogP contribution is -2.54. The molecule has 1 aromatic heterocycles. The molecule has 106 valence electrons. The van der Waals surface area contributed by atoms with E-state index in [1.807, 2.05) is 24.0 Å². The van der Waals surface area contributed by atoms with E-state index in [1.165, 1.54) is 0 Å². The van der Waals surface area contributed by atoms with E-state index in [9.17, 15) is 4.79 Å². The molecule has 0 radical (unpaired) electrons. The minimum absolute atomic E-state index is 0.00363. The van der Waals surface area contributed by atoms with Crippen LogP contribution >= 0.6 is 27.3 Å². The molecule has 0 spiro atoms. The Kier molecular flexibility index (Phi) is 4.38. The molecule has 1 aliphatic heterocycles. The lowest BCUT2D eigenvalue weighted by molar-refractivity contribution is -0.135. The average molecular weight is 345 g/mol. The molecule has 2 heterocycles. The third kappa shape index (κ3) is 3.20. The van der Waals surface area contributed by atoms with Crippen LogP contribution in [0, 0.1) is 5.41 Å². The predicted octanol–water partition coefficient (Wildman–Crippen LogP) is 3.20. The van der Waals surface area contributed by atoms with Gasteiger partial charge in [0.1, 0.15) is 0 Å². The SMILES string of the molecule is CC(C(=O)N1CCC(N)C(C)(C)C1)c1ccc(Br)s1. The third-order valence-electron chi connectivity index (χ3n) is 4.02. The van der Waals surface area contributed by atoms with Crippen molar-refractivity contribution in [3.05, 3.63) is 20.8 Å². The zero-order valence-electron chi connectivity index (χ0n) is 11.6. The van der Waals surface area contributed by atoms with Gasteiger partial charge in [0, 0.05) is 24.0 Å². The maximum Gasteiger partial charge on any atom is 0.230 e. The number of amides is 1.